The zero-order valence-corrected chi connectivity index (χ0v) is 12.2. The molecule has 8 heteroatoms. The minimum Gasteiger partial charge on any atom is -0.461 e. The van der Waals surface area contributed by atoms with Crippen LogP contribution >= 0.6 is 11.8 Å². The Morgan fingerprint density at radius 2 is 2.09 bits per heavy atom. The monoisotopic (exact) mass is 316 g/mol. The van der Waals surface area contributed by atoms with Gasteiger partial charge >= 0.3 is 0 Å². The highest BCUT2D eigenvalue weighted by atomic mass is 32.2. The lowest BCUT2D eigenvalue weighted by molar-refractivity contribution is 0.174. The molecule has 0 radical (unpaired) electrons. The van der Waals surface area contributed by atoms with Crippen molar-refractivity contribution in [3.05, 3.63) is 42.2 Å². The second-order valence-corrected chi connectivity index (χ2v) is 5.57. The van der Waals surface area contributed by atoms with Crippen LogP contribution in [0.25, 0.3) is 11.6 Å². The summed E-state index contributed by atoms with van der Waals surface area (Å²) in [4.78, 5) is 0. The molecule has 0 unspecified atom stereocenters. The van der Waals surface area contributed by atoms with Gasteiger partial charge in [0, 0.05) is 5.75 Å². The van der Waals surface area contributed by atoms with E-state index in [4.69, 9.17) is 19.7 Å². The van der Waals surface area contributed by atoms with Gasteiger partial charge in [-0.1, -0.05) is 17.8 Å². The summed E-state index contributed by atoms with van der Waals surface area (Å²) in [5.41, 5.74) is 1.09. The van der Waals surface area contributed by atoms with E-state index < -0.39 is 0 Å². The van der Waals surface area contributed by atoms with Gasteiger partial charge in [-0.15, -0.1) is 10.2 Å². The van der Waals surface area contributed by atoms with Gasteiger partial charge in [-0.2, -0.15) is 0 Å². The number of fused-ring (bicyclic) bond motifs is 1. The summed E-state index contributed by atoms with van der Waals surface area (Å²) in [6.07, 6.45) is 1.57. The standard InChI is InChI=1S/C14H12N4O3S/c15-18-13(11-2-1-5-19-11)16-17-14(18)22-7-9-3-4-10-12(6-9)21-8-20-10/h1-6H,7-8,15H2. The molecule has 0 amide bonds. The van der Waals surface area contributed by atoms with Gasteiger partial charge in [0.05, 0.1) is 6.26 Å². The highest BCUT2D eigenvalue weighted by Crippen LogP contribution is 2.34. The number of ether oxygens (including phenoxy) is 2. The molecule has 22 heavy (non-hydrogen) atoms. The van der Waals surface area contributed by atoms with Gasteiger partial charge < -0.3 is 19.7 Å². The minimum absolute atomic E-state index is 0.273. The average molecular weight is 316 g/mol. The Hall–Kier alpha value is -2.61. The summed E-state index contributed by atoms with van der Waals surface area (Å²) in [5.74, 6) is 9.34. The summed E-state index contributed by atoms with van der Waals surface area (Å²) in [5, 5.41) is 8.77. The fraction of sp³-hybridized carbons (Fsp3) is 0.143. The molecule has 0 saturated carbocycles. The van der Waals surface area contributed by atoms with E-state index in [1.807, 2.05) is 18.2 Å². The van der Waals surface area contributed by atoms with Crippen LogP contribution in [0.1, 0.15) is 5.56 Å². The Kier molecular flexibility index (Phi) is 3.15. The van der Waals surface area contributed by atoms with Gasteiger partial charge in [0.25, 0.3) is 0 Å². The zero-order valence-electron chi connectivity index (χ0n) is 11.4. The van der Waals surface area contributed by atoms with E-state index in [1.165, 1.54) is 16.4 Å². The number of nitrogens with zero attached hydrogens (tertiary/aromatic N) is 3. The van der Waals surface area contributed by atoms with Crippen LogP contribution in [0.3, 0.4) is 0 Å². The van der Waals surface area contributed by atoms with E-state index in [0.29, 0.717) is 22.5 Å². The van der Waals surface area contributed by atoms with Crippen LogP contribution in [-0.2, 0) is 5.75 Å². The van der Waals surface area contributed by atoms with Crippen LogP contribution in [0.4, 0.5) is 0 Å². The third kappa shape index (κ3) is 2.27. The molecule has 7 nitrogen and oxygen atoms in total. The van der Waals surface area contributed by atoms with Gasteiger partial charge in [0.2, 0.25) is 17.8 Å². The molecule has 3 aromatic rings. The summed E-state index contributed by atoms with van der Waals surface area (Å²) in [6, 6.07) is 9.42. The van der Waals surface area contributed by atoms with Crippen molar-refractivity contribution in [3.8, 4) is 23.1 Å². The predicted molar refractivity (Wildman–Crippen MR) is 80.0 cm³/mol. The maximum absolute atomic E-state index is 6.02. The van der Waals surface area contributed by atoms with Gasteiger partial charge in [-0.05, 0) is 29.8 Å². The third-order valence-electron chi connectivity index (χ3n) is 3.21. The van der Waals surface area contributed by atoms with Gasteiger partial charge in [0.15, 0.2) is 17.3 Å². The smallest absolute Gasteiger partial charge is 0.231 e. The summed E-state index contributed by atoms with van der Waals surface area (Å²) >= 11 is 1.49. The summed E-state index contributed by atoms with van der Waals surface area (Å²) in [6.45, 7) is 0.273. The maximum atomic E-state index is 6.02. The van der Waals surface area contributed by atoms with E-state index >= 15 is 0 Å². The number of hydrogen-bond donors (Lipinski definition) is 1. The molecule has 3 heterocycles. The van der Waals surface area contributed by atoms with Crippen molar-refractivity contribution >= 4 is 11.8 Å². The van der Waals surface area contributed by atoms with E-state index in [-0.39, 0.29) is 6.79 Å². The molecule has 4 rings (SSSR count). The lowest BCUT2D eigenvalue weighted by Gasteiger charge is -2.03. The molecular weight excluding hydrogens is 304 g/mol. The summed E-state index contributed by atoms with van der Waals surface area (Å²) < 4.78 is 17.4. The highest BCUT2D eigenvalue weighted by Gasteiger charge is 2.16. The number of nitrogens with two attached hydrogens (primary N) is 1. The van der Waals surface area contributed by atoms with E-state index in [9.17, 15) is 0 Å². The first kappa shape index (κ1) is 13.1. The van der Waals surface area contributed by atoms with E-state index in [1.54, 1.807) is 18.4 Å². The first-order valence-electron chi connectivity index (χ1n) is 6.57. The molecule has 0 aliphatic carbocycles. The van der Waals surface area contributed by atoms with Crippen LogP contribution < -0.4 is 15.3 Å². The molecule has 0 bridgehead atoms. The fourth-order valence-corrected chi connectivity index (χ4v) is 2.93. The van der Waals surface area contributed by atoms with Crippen LogP contribution in [0, 0.1) is 0 Å². The number of rotatable bonds is 4. The van der Waals surface area contributed by atoms with Crippen molar-refractivity contribution in [3.63, 3.8) is 0 Å². The number of hydrogen-bond acceptors (Lipinski definition) is 7. The van der Waals surface area contributed by atoms with Crippen molar-refractivity contribution < 1.29 is 13.9 Å². The van der Waals surface area contributed by atoms with Crippen molar-refractivity contribution in [1.29, 1.82) is 0 Å². The maximum Gasteiger partial charge on any atom is 0.231 e. The second kappa shape index (κ2) is 5.30. The summed E-state index contributed by atoms with van der Waals surface area (Å²) in [7, 11) is 0. The Bertz CT molecular complexity index is 801. The predicted octanol–water partition coefficient (Wildman–Crippen LogP) is 2.27. The topological polar surface area (TPSA) is 88.3 Å². The SMILES string of the molecule is Nn1c(SCc2ccc3c(c2)OCO3)nnc1-c1ccco1. The third-order valence-corrected chi connectivity index (χ3v) is 4.23. The molecule has 1 aromatic carbocycles. The van der Waals surface area contributed by atoms with E-state index in [0.717, 1.165) is 17.1 Å². The highest BCUT2D eigenvalue weighted by molar-refractivity contribution is 7.98. The normalized spacial score (nSPS) is 12.7. The first-order valence-corrected chi connectivity index (χ1v) is 7.55. The second-order valence-electron chi connectivity index (χ2n) is 4.63. The Morgan fingerprint density at radius 1 is 1.18 bits per heavy atom. The minimum atomic E-state index is 0.273. The van der Waals surface area contributed by atoms with Crippen molar-refractivity contribution in [1.82, 2.24) is 14.9 Å². The molecule has 112 valence electrons. The molecule has 0 spiro atoms. The molecule has 0 saturated heterocycles. The van der Waals surface area contributed by atoms with E-state index in [2.05, 4.69) is 10.2 Å². The number of aromatic nitrogens is 3. The van der Waals surface area contributed by atoms with Crippen molar-refractivity contribution in [2.75, 3.05) is 12.6 Å². The Labute approximate surface area is 130 Å². The van der Waals surface area contributed by atoms with Gasteiger partial charge in [-0.3, -0.25) is 0 Å². The number of furan rings is 1. The fourth-order valence-electron chi connectivity index (χ4n) is 2.13. The van der Waals surface area contributed by atoms with Crippen LogP contribution in [0.5, 0.6) is 11.5 Å². The van der Waals surface area contributed by atoms with Gasteiger partial charge in [0.1, 0.15) is 0 Å². The number of nitrogen functional groups attached to an aromatic ring is 1. The molecule has 2 N–H and O–H groups in total. The lowest BCUT2D eigenvalue weighted by Crippen LogP contribution is -2.11. The van der Waals surface area contributed by atoms with Crippen LogP contribution in [0.2, 0.25) is 0 Å². The zero-order chi connectivity index (χ0) is 14.9. The molecule has 1 aliphatic rings. The molecular formula is C14H12N4O3S. The largest absolute Gasteiger partial charge is 0.461 e. The molecule has 0 atom stereocenters. The number of thioether (sulfide) groups is 1. The quantitative estimate of drug-likeness (QED) is 0.583. The number of benzene rings is 1. The van der Waals surface area contributed by atoms with Crippen LogP contribution in [-0.4, -0.2) is 21.7 Å². The molecule has 0 fully saturated rings. The Morgan fingerprint density at radius 3 is 2.95 bits per heavy atom. The first-order chi connectivity index (χ1) is 10.8. The Balaban J connectivity index is 1.50. The van der Waals surface area contributed by atoms with Crippen molar-refractivity contribution in [2.45, 2.75) is 10.9 Å². The van der Waals surface area contributed by atoms with Crippen molar-refractivity contribution in [2.24, 2.45) is 0 Å². The lowest BCUT2D eigenvalue weighted by atomic mass is 10.2. The molecule has 2 aromatic heterocycles. The van der Waals surface area contributed by atoms with Crippen LogP contribution in [0.15, 0.2) is 46.2 Å². The average Bonchev–Trinajstić information content (AvgIpc) is 3.25. The molecule has 1 aliphatic heterocycles. The van der Waals surface area contributed by atoms with Gasteiger partial charge in [-0.25, -0.2) is 4.68 Å².